The second-order valence-corrected chi connectivity index (χ2v) is 6.98. The molecule has 3 aromatic rings. The summed E-state index contributed by atoms with van der Waals surface area (Å²) in [6, 6.07) is 3.62. The molecule has 0 bridgehead atoms. The normalized spacial score (nSPS) is 11.1. The molecule has 1 N–H and O–H groups in total. The molecule has 2 heterocycles. The van der Waals surface area contributed by atoms with Crippen LogP contribution in [0.4, 0.5) is 0 Å². The van der Waals surface area contributed by atoms with Crippen LogP contribution in [-0.2, 0) is 13.6 Å². The molecule has 0 unspecified atom stereocenters. The van der Waals surface area contributed by atoms with Crippen LogP contribution in [-0.4, -0.2) is 33.3 Å². The molecule has 0 aliphatic rings. The minimum absolute atomic E-state index is 0.353. The second-order valence-electron chi connectivity index (χ2n) is 6.12. The largest absolute Gasteiger partial charge is 0.493 e. The molecule has 0 aliphatic heterocycles. The van der Waals surface area contributed by atoms with Gasteiger partial charge in [0.15, 0.2) is 22.7 Å². The van der Waals surface area contributed by atoms with Crippen molar-refractivity contribution in [3.8, 4) is 22.9 Å². The van der Waals surface area contributed by atoms with Crippen molar-refractivity contribution in [1.29, 1.82) is 0 Å². The first kappa shape index (κ1) is 19.2. The predicted molar refractivity (Wildman–Crippen MR) is 107 cm³/mol. The van der Waals surface area contributed by atoms with Gasteiger partial charge in [-0.05, 0) is 34.5 Å². The number of unbranched alkanes of at least 4 members (excludes halogenated alkanes) is 1. The number of aromatic amines is 1. The Kier molecular flexibility index (Phi) is 5.41. The minimum Gasteiger partial charge on any atom is -0.493 e. The zero-order valence-electron chi connectivity index (χ0n) is 15.6. The number of imidazole rings is 1. The SMILES string of the molecule is CCCCn1c(=O)[nH]c(=O)c2c1nc(-c1cc(Br)c(OC)c(OC)c1)n2C. The first-order chi connectivity index (χ1) is 12.9. The van der Waals surface area contributed by atoms with Crippen molar-refractivity contribution in [2.45, 2.75) is 26.3 Å². The van der Waals surface area contributed by atoms with Gasteiger partial charge >= 0.3 is 5.69 Å². The topological polar surface area (TPSA) is 91.1 Å². The average molecular weight is 437 g/mol. The number of halogens is 1. The number of hydrogen-bond acceptors (Lipinski definition) is 5. The van der Waals surface area contributed by atoms with Gasteiger partial charge in [-0.25, -0.2) is 9.78 Å². The summed E-state index contributed by atoms with van der Waals surface area (Å²) in [7, 11) is 4.86. The maximum Gasteiger partial charge on any atom is 0.330 e. The third-order valence-corrected chi connectivity index (χ3v) is 5.03. The maximum atomic E-state index is 12.4. The monoisotopic (exact) mass is 436 g/mol. The number of aromatic nitrogens is 4. The van der Waals surface area contributed by atoms with Crippen molar-refractivity contribution in [1.82, 2.24) is 19.1 Å². The molecular weight excluding hydrogens is 416 g/mol. The van der Waals surface area contributed by atoms with Crippen molar-refractivity contribution in [3.05, 3.63) is 37.4 Å². The molecule has 144 valence electrons. The molecule has 9 heteroatoms. The average Bonchev–Trinajstić information content (AvgIpc) is 2.98. The van der Waals surface area contributed by atoms with Crippen LogP contribution in [0.2, 0.25) is 0 Å². The Morgan fingerprint density at radius 3 is 2.59 bits per heavy atom. The maximum absolute atomic E-state index is 12.4. The summed E-state index contributed by atoms with van der Waals surface area (Å²) in [5, 5.41) is 0. The molecule has 0 saturated carbocycles. The van der Waals surface area contributed by atoms with Crippen LogP contribution in [0.1, 0.15) is 19.8 Å². The number of rotatable bonds is 6. The van der Waals surface area contributed by atoms with Gasteiger partial charge in [-0.15, -0.1) is 0 Å². The first-order valence-corrected chi connectivity index (χ1v) is 9.33. The third-order valence-electron chi connectivity index (χ3n) is 4.44. The van der Waals surface area contributed by atoms with Crippen LogP contribution in [0.3, 0.4) is 0 Å². The Balaban J connectivity index is 2.30. The number of nitrogens with one attached hydrogen (secondary N) is 1. The van der Waals surface area contributed by atoms with Crippen LogP contribution < -0.4 is 20.7 Å². The van der Waals surface area contributed by atoms with Gasteiger partial charge in [-0.3, -0.25) is 14.3 Å². The molecular formula is C18H21BrN4O4. The van der Waals surface area contributed by atoms with Gasteiger partial charge in [0.05, 0.1) is 18.7 Å². The molecule has 8 nitrogen and oxygen atoms in total. The van der Waals surface area contributed by atoms with Crippen molar-refractivity contribution in [2.75, 3.05) is 14.2 Å². The Morgan fingerprint density at radius 1 is 1.22 bits per heavy atom. The van der Waals surface area contributed by atoms with Crippen LogP contribution in [0.15, 0.2) is 26.2 Å². The van der Waals surface area contributed by atoms with Gasteiger partial charge in [0.2, 0.25) is 0 Å². The number of nitrogens with zero attached hydrogens (tertiary/aromatic N) is 3. The van der Waals surface area contributed by atoms with Crippen molar-refractivity contribution in [3.63, 3.8) is 0 Å². The van der Waals surface area contributed by atoms with E-state index in [1.54, 1.807) is 31.9 Å². The van der Waals surface area contributed by atoms with E-state index in [0.29, 0.717) is 39.5 Å². The molecule has 0 spiro atoms. The smallest absolute Gasteiger partial charge is 0.330 e. The molecule has 0 atom stereocenters. The highest BCUT2D eigenvalue weighted by Crippen LogP contribution is 2.39. The summed E-state index contributed by atoms with van der Waals surface area (Å²) in [5.74, 6) is 1.65. The molecule has 27 heavy (non-hydrogen) atoms. The van der Waals surface area contributed by atoms with Gasteiger partial charge in [0.25, 0.3) is 5.56 Å². The van der Waals surface area contributed by atoms with E-state index in [1.807, 2.05) is 13.0 Å². The molecule has 0 aliphatic carbocycles. The number of ether oxygens (including phenoxy) is 2. The van der Waals surface area contributed by atoms with Crippen molar-refractivity contribution < 1.29 is 9.47 Å². The second kappa shape index (κ2) is 7.59. The summed E-state index contributed by atoms with van der Waals surface area (Å²) in [6.07, 6.45) is 1.74. The van der Waals surface area contributed by atoms with Crippen LogP contribution in [0.5, 0.6) is 11.5 Å². The fraction of sp³-hybridized carbons (Fsp3) is 0.389. The number of hydrogen-bond donors (Lipinski definition) is 1. The van der Waals surface area contributed by atoms with Gasteiger partial charge < -0.3 is 14.0 Å². The van der Waals surface area contributed by atoms with E-state index in [0.717, 1.165) is 18.4 Å². The van der Waals surface area contributed by atoms with Crippen LogP contribution in [0.25, 0.3) is 22.6 Å². The van der Waals surface area contributed by atoms with Gasteiger partial charge in [-0.1, -0.05) is 13.3 Å². The number of benzene rings is 1. The first-order valence-electron chi connectivity index (χ1n) is 8.54. The summed E-state index contributed by atoms with van der Waals surface area (Å²) in [6.45, 7) is 2.54. The minimum atomic E-state index is -0.455. The lowest BCUT2D eigenvalue weighted by molar-refractivity contribution is 0.353. The van der Waals surface area contributed by atoms with Crippen LogP contribution in [0, 0.1) is 0 Å². The van der Waals surface area contributed by atoms with Gasteiger partial charge in [0.1, 0.15) is 5.82 Å². The lowest BCUT2D eigenvalue weighted by Gasteiger charge is -2.11. The summed E-state index contributed by atoms with van der Waals surface area (Å²) in [4.78, 5) is 31.7. The Labute approximate surface area is 163 Å². The van der Waals surface area contributed by atoms with Crippen molar-refractivity contribution >= 4 is 27.1 Å². The van der Waals surface area contributed by atoms with E-state index in [4.69, 9.17) is 9.47 Å². The molecule has 3 rings (SSSR count). The molecule has 0 amide bonds. The number of H-pyrrole nitrogens is 1. The van der Waals surface area contributed by atoms with Crippen molar-refractivity contribution in [2.24, 2.45) is 7.05 Å². The van der Waals surface area contributed by atoms with Gasteiger partial charge in [0, 0.05) is 19.2 Å². The number of methoxy groups -OCH3 is 2. The lowest BCUT2D eigenvalue weighted by Crippen LogP contribution is -2.31. The molecule has 0 radical (unpaired) electrons. The highest BCUT2D eigenvalue weighted by atomic mass is 79.9. The highest BCUT2D eigenvalue weighted by molar-refractivity contribution is 9.10. The van der Waals surface area contributed by atoms with E-state index >= 15 is 0 Å². The fourth-order valence-electron chi connectivity index (χ4n) is 3.08. The van der Waals surface area contributed by atoms with Crippen LogP contribution >= 0.6 is 15.9 Å². The quantitative estimate of drug-likeness (QED) is 0.641. The summed E-state index contributed by atoms with van der Waals surface area (Å²) in [5.41, 5.74) is 0.557. The fourth-order valence-corrected chi connectivity index (χ4v) is 3.68. The summed E-state index contributed by atoms with van der Waals surface area (Å²) < 4.78 is 14.6. The molecule has 2 aromatic heterocycles. The lowest BCUT2D eigenvalue weighted by atomic mass is 10.2. The summed E-state index contributed by atoms with van der Waals surface area (Å²) >= 11 is 3.47. The van der Waals surface area contributed by atoms with E-state index in [1.165, 1.54) is 4.57 Å². The predicted octanol–water partition coefficient (Wildman–Crippen LogP) is 2.67. The highest BCUT2D eigenvalue weighted by Gasteiger charge is 2.20. The van der Waals surface area contributed by atoms with E-state index in [2.05, 4.69) is 25.9 Å². The van der Waals surface area contributed by atoms with E-state index < -0.39 is 11.2 Å². The zero-order chi connectivity index (χ0) is 19.7. The third kappa shape index (κ3) is 3.27. The van der Waals surface area contributed by atoms with Gasteiger partial charge in [-0.2, -0.15) is 0 Å². The Bertz CT molecular complexity index is 1110. The number of fused-ring (bicyclic) bond motifs is 1. The Morgan fingerprint density at radius 2 is 1.96 bits per heavy atom. The number of aryl methyl sites for hydroxylation is 2. The van der Waals surface area contributed by atoms with E-state index in [-0.39, 0.29) is 0 Å². The van der Waals surface area contributed by atoms with E-state index in [9.17, 15) is 9.59 Å². The standard InChI is InChI=1S/C18H21BrN4O4/c1-5-6-7-23-16-13(17(24)21-18(23)25)22(2)15(20-16)10-8-11(19)14(27-4)12(9-10)26-3/h8-9H,5-7H2,1-4H3,(H,21,24,25). The molecule has 0 saturated heterocycles. The molecule has 0 fully saturated rings. The molecule has 1 aromatic carbocycles. The Hall–Kier alpha value is -2.55. The zero-order valence-corrected chi connectivity index (χ0v) is 17.2.